The fraction of sp³-hybridized carbons (Fsp3) is 0.217. The Kier molecular flexibility index (Phi) is 7.18. The first-order valence-corrected chi connectivity index (χ1v) is 9.55. The molecule has 0 aromatic heterocycles. The van der Waals surface area contributed by atoms with Crippen LogP contribution in [-0.4, -0.2) is 14.2 Å². The number of nitrogens with two attached hydrogens (primary N) is 1. The van der Waals surface area contributed by atoms with E-state index >= 15 is 0 Å². The van der Waals surface area contributed by atoms with Crippen LogP contribution < -0.4 is 19.5 Å². The monoisotopic (exact) mass is 398 g/mol. The molecular formula is C23H25ClNO3+. The van der Waals surface area contributed by atoms with Crippen LogP contribution in [0.2, 0.25) is 5.02 Å². The molecule has 5 heteroatoms. The second-order valence-corrected chi connectivity index (χ2v) is 6.85. The molecule has 0 fully saturated rings. The fourth-order valence-electron chi connectivity index (χ4n) is 2.94. The van der Waals surface area contributed by atoms with Crippen LogP contribution in [0.5, 0.6) is 17.2 Å². The van der Waals surface area contributed by atoms with Crippen LogP contribution in [0.15, 0.2) is 66.7 Å². The highest BCUT2D eigenvalue weighted by Gasteiger charge is 2.12. The molecular weight excluding hydrogens is 374 g/mol. The highest BCUT2D eigenvalue weighted by Crippen LogP contribution is 2.31. The molecule has 3 aromatic rings. The maximum absolute atomic E-state index is 6.11. The van der Waals surface area contributed by atoms with Crippen LogP contribution in [0.3, 0.4) is 0 Å². The van der Waals surface area contributed by atoms with Gasteiger partial charge in [-0.05, 0) is 54.1 Å². The lowest BCUT2D eigenvalue weighted by Crippen LogP contribution is -2.80. The SMILES string of the molecule is COc1ccc(C[NH2+]Cc2cccc(OC)c2OCc2ccc(Cl)cc2)cc1. The topological polar surface area (TPSA) is 44.3 Å². The number of rotatable bonds is 9. The molecule has 0 saturated carbocycles. The third-order valence-corrected chi connectivity index (χ3v) is 4.73. The van der Waals surface area contributed by atoms with Gasteiger partial charge in [-0.1, -0.05) is 29.8 Å². The summed E-state index contributed by atoms with van der Waals surface area (Å²) in [5, 5.41) is 2.96. The quantitative estimate of drug-likeness (QED) is 0.587. The minimum atomic E-state index is 0.461. The van der Waals surface area contributed by atoms with Crippen molar-refractivity contribution in [3.05, 3.63) is 88.4 Å². The van der Waals surface area contributed by atoms with Crippen molar-refractivity contribution < 1.29 is 19.5 Å². The van der Waals surface area contributed by atoms with Gasteiger partial charge in [0.25, 0.3) is 0 Å². The Hall–Kier alpha value is -2.69. The van der Waals surface area contributed by atoms with E-state index in [0.717, 1.165) is 46.5 Å². The summed E-state index contributed by atoms with van der Waals surface area (Å²) in [6, 6.07) is 21.8. The van der Waals surface area contributed by atoms with E-state index in [1.54, 1.807) is 14.2 Å². The number of methoxy groups -OCH3 is 2. The Morgan fingerprint density at radius 2 is 1.50 bits per heavy atom. The first-order chi connectivity index (χ1) is 13.7. The lowest BCUT2D eigenvalue weighted by molar-refractivity contribution is -0.686. The van der Waals surface area contributed by atoms with E-state index in [4.69, 9.17) is 25.8 Å². The summed E-state index contributed by atoms with van der Waals surface area (Å²) in [7, 11) is 3.34. The van der Waals surface area contributed by atoms with Crippen molar-refractivity contribution in [3.63, 3.8) is 0 Å². The Balaban J connectivity index is 1.65. The van der Waals surface area contributed by atoms with Gasteiger partial charge in [0.05, 0.1) is 19.8 Å². The summed E-state index contributed by atoms with van der Waals surface area (Å²) in [4.78, 5) is 0. The summed E-state index contributed by atoms with van der Waals surface area (Å²) in [6.07, 6.45) is 0. The van der Waals surface area contributed by atoms with Gasteiger partial charge < -0.3 is 19.5 Å². The number of benzene rings is 3. The highest BCUT2D eigenvalue weighted by molar-refractivity contribution is 6.30. The Morgan fingerprint density at radius 1 is 0.786 bits per heavy atom. The van der Waals surface area contributed by atoms with E-state index < -0.39 is 0 Å². The fourth-order valence-corrected chi connectivity index (χ4v) is 3.06. The predicted molar refractivity (Wildman–Crippen MR) is 111 cm³/mol. The molecule has 2 N–H and O–H groups in total. The van der Waals surface area contributed by atoms with E-state index in [-0.39, 0.29) is 0 Å². The summed E-state index contributed by atoms with van der Waals surface area (Å²) in [5.74, 6) is 2.39. The zero-order valence-electron chi connectivity index (χ0n) is 16.2. The standard InChI is InChI=1S/C23H24ClNO3/c1-26-21-12-8-17(9-13-21)14-25-15-19-4-3-5-22(27-2)23(19)28-16-18-6-10-20(24)11-7-18/h3-13,25H,14-16H2,1-2H3/p+1. The third kappa shape index (κ3) is 5.41. The van der Waals surface area contributed by atoms with E-state index in [1.807, 2.05) is 48.5 Å². The molecule has 0 atom stereocenters. The number of hydrogen-bond donors (Lipinski definition) is 1. The van der Waals surface area contributed by atoms with Crippen molar-refractivity contribution in [2.45, 2.75) is 19.7 Å². The van der Waals surface area contributed by atoms with Gasteiger partial charge in [-0.2, -0.15) is 0 Å². The summed E-state index contributed by atoms with van der Waals surface area (Å²) in [5.41, 5.74) is 3.40. The van der Waals surface area contributed by atoms with E-state index in [9.17, 15) is 0 Å². The summed E-state index contributed by atoms with van der Waals surface area (Å²) in [6.45, 7) is 2.13. The molecule has 0 radical (unpaired) electrons. The number of quaternary nitrogens is 1. The molecule has 0 bridgehead atoms. The van der Waals surface area contributed by atoms with Gasteiger partial charge in [-0.3, -0.25) is 0 Å². The molecule has 4 nitrogen and oxygen atoms in total. The predicted octanol–water partition coefficient (Wildman–Crippen LogP) is 4.20. The molecule has 0 amide bonds. The van der Waals surface area contributed by atoms with Gasteiger partial charge in [0.15, 0.2) is 11.5 Å². The number of halogens is 1. The van der Waals surface area contributed by atoms with Crippen molar-refractivity contribution in [2.24, 2.45) is 0 Å². The minimum Gasteiger partial charge on any atom is -0.497 e. The summed E-state index contributed by atoms with van der Waals surface area (Å²) >= 11 is 5.95. The molecule has 0 aliphatic heterocycles. The van der Waals surface area contributed by atoms with Gasteiger partial charge in [-0.15, -0.1) is 0 Å². The van der Waals surface area contributed by atoms with Crippen LogP contribution in [0.25, 0.3) is 0 Å². The number of para-hydroxylation sites is 1. The molecule has 0 aliphatic rings. The lowest BCUT2D eigenvalue weighted by atomic mass is 10.1. The zero-order chi connectivity index (χ0) is 19.8. The smallest absolute Gasteiger partial charge is 0.170 e. The normalized spacial score (nSPS) is 10.5. The first-order valence-electron chi connectivity index (χ1n) is 9.17. The minimum absolute atomic E-state index is 0.461. The lowest BCUT2D eigenvalue weighted by Gasteiger charge is -2.15. The van der Waals surface area contributed by atoms with Gasteiger partial charge in [0, 0.05) is 10.6 Å². The van der Waals surface area contributed by atoms with Gasteiger partial charge >= 0.3 is 0 Å². The largest absolute Gasteiger partial charge is 0.497 e. The summed E-state index contributed by atoms with van der Waals surface area (Å²) < 4.78 is 16.8. The molecule has 3 aromatic carbocycles. The maximum Gasteiger partial charge on any atom is 0.170 e. The maximum atomic E-state index is 6.11. The van der Waals surface area contributed by atoms with Crippen molar-refractivity contribution >= 4 is 11.6 Å². The molecule has 0 unspecified atom stereocenters. The first kappa shape index (κ1) is 20.1. The van der Waals surface area contributed by atoms with E-state index in [1.165, 1.54) is 5.56 Å². The zero-order valence-corrected chi connectivity index (χ0v) is 16.9. The molecule has 3 rings (SSSR count). The number of ether oxygens (including phenoxy) is 3. The molecule has 146 valence electrons. The van der Waals surface area contributed by atoms with E-state index in [2.05, 4.69) is 23.5 Å². The molecule has 0 saturated heterocycles. The van der Waals surface area contributed by atoms with Crippen LogP contribution in [0.4, 0.5) is 0 Å². The molecule has 0 spiro atoms. The van der Waals surface area contributed by atoms with Gasteiger partial charge in [0.2, 0.25) is 0 Å². The second-order valence-electron chi connectivity index (χ2n) is 6.41. The van der Waals surface area contributed by atoms with Gasteiger partial charge in [-0.25, -0.2) is 0 Å². The number of hydrogen-bond acceptors (Lipinski definition) is 3. The van der Waals surface area contributed by atoms with E-state index in [0.29, 0.717) is 6.61 Å². The Labute approximate surface area is 171 Å². The van der Waals surface area contributed by atoms with Crippen LogP contribution in [0, 0.1) is 0 Å². The van der Waals surface area contributed by atoms with Crippen molar-refractivity contribution in [2.75, 3.05) is 14.2 Å². The van der Waals surface area contributed by atoms with Crippen LogP contribution in [0.1, 0.15) is 16.7 Å². The third-order valence-electron chi connectivity index (χ3n) is 4.48. The van der Waals surface area contributed by atoms with Crippen LogP contribution in [-0.2, 0) is 19.7 Å². The Morgan fingerprint density at radius 3 is 2.18 bits per heavy atom. The average Bonchev–Trinajstić information content (AvgIpc) is 2.74. The van der Waals surface area contributed by atoms with Crippen molar-refractivity contribution in [1.29, 1.82) is 0 Å². The Bertz CT molecular complexity index is 879. The second kappa shape index (κ2) is 10.0. The van der Waals surface area contributed by atoms with Crippen LogP contribution >= 0.6 is 11.6 Å². The average molecular weight is 399 g/mol. The highest BCUT2D eigenvalue weighted by atomic mass is 35.5. The van der Waals surface area contributed by atoms with Crippen molar-refractivity contribution in [3.8, 4) is 17.2 Å². The molecule has 0 aliphatic carbocycles. The molecule has 28 heavy (non-hydrogen) atoms. The van der Waals surface area contributed by atoms with Gasteiger partial charge in [0.1, 0.15) is 25.4 Å². The van der Waals surface area contributed by atoms with Crippen molar-refractivity contribution in [1.82, 2.24) is 0 Å². The molecule has 0 heterocycles.